The molecule has 0 unspecified atom stereocenters. The lowest BCUT2D eigenvalue weighted by atomic mass is 10.1. The number of allylic oxidation sites excluding steroid dienone is 5. The molecule has 0 aliphatic heterocycles. The average Bonchev–Trinajstić information content (AvgIpc) is 3.21. The molecule has 0 atom stereocenters. The number of rotatable bonds is 4. The van der Waals surface area contributed by atoms with Crippen LogP contribution in [0.3, 0.4) is 0 Å². The summed E-state index contributed by atoms with van der Waals surface area (Å²) >= 11 is 0. The monoisotopic (exact) mass is 725 g/mol. The maximum Gasteiger partial charge on any atom is 0.116 e. The van der Waals surface area contributed by atoms with Gasteiger partial charge in [0.05, 0.1) is 0 Å². The van der Waals surface area contributed by atoms with Gasteiger partial charge in [-0.2, -0.15) is 0 Å². The Morgan fingerprint density at radius 2 is 0.509 bits per heavy atom. The third-order valence-corrected chi connectivity index (χ3v) is 5.14. The number of phenols is 1. The second kappa shape index (κ2) is 51.7. The molecule has 4 aromatic carbocycles. The number of aromatic hydroxyl groups is 1. The minimum atomic E-state index is 0.292. The van der Waals surface area contributed by atoms with E-state index in [1.54, 1.807) is 18.2 Å². The maximum absolute atomic E-state index is 9.02. The van der Waals surface area contributed by atoms with Crippen LogP contribution in [0.2, 0.25) is 0 Å². The van der Waals surface area contributed by atoms with Crippen LogP contribution >= 0.6 is 0 Å². The van der Waals surface area contributed by atoms with Crippen molar-refractivity contribution in [3.63, 3.8) is 0 Å². The van der Waals surface area contributed by atoms with Crippen LogP contribution in [-0.2, 0) is 0 Å². The molecule has 4 rings (SSSR count). The van der Waals surface area contributed by atoms with E-state index in [-0.39, 0.29) is 0 Å². The molecule has 0 aliphatic carbocycles. The van der Waals surface area contributed by atoms with E-state index >= 15 is 0 Å². The van der Waals surface area contributed by atoms with Crippen molar-refractivity contribution in [1.82, 2.24) is 0 Å². The Morgan fingerprint density at radius 3 is 0.642 bits per heavy atom. The Bertz CT molecular complexity index is 1220. The summed E-state index contributed by atoms with van der Waals surface area (Å²) in [5.41, 5.74) is 10.1. The normalized spacial score (nSPS) is 7.51. The SMILES string of the molecule is C=C(C)C.C=C(C)c1cccc(O)c1.C=C(C)c1ccccc1.C=C(C)c1ccccc1.C=C(C)c1ccccc1.CC.CC.CC.CC.CC.CC. The summed E-state index contributed by atoms with van der Waals surface area (Å²) in [6.45, 7) is 54.7. The van der Waals surface area contributed by atoms with Gasteiger partial charge in [-0.3, -0.25) is 0 Å². The van der Waals surface area contributed by atoms with Crippen LogP contribution in [0.1, 0.15) is 147 Å². The fraction of sp³-hybridized carbons (Fsp3) is 0.346. The van der Waals surface area contributed by atoms with Gasteiger partial charge < -0.3 is 5.11 Å². The van der Waals surface area contributed by atoms with Gasteiger partial charge in [-0.25, -0.2) is 0 Å². The van der Waals surface area contributed by atoms with Crippen LogP contribution < -0.4 is 0 Å². The lowest BCUT2D eigenvalue weighted by molar-refractivity contribution is 0.475. The molecular formula is C52H84O. The van der Waals surface area contributed by atoms with E-state index in [0.29, 0.717) is 5.75 Å². The minimum absolute atomic E-state index is 0.292. The van der Waals surface area contributed by atoms with Gasteiger partial charge in [0.2, 0.25) is 0 Å². The van der Waals surface area contributed by atoms with Crippen molar-refractivity contribution in [2.75, 3.05) is 0 Å². The second-order valence-corrected chi connectivity index (χ2v) is 9.98. The molecule has 0 radical (unpaired) electrons. The van der Waals surface area contributed by atoms with E-state index in [1.165, 1.54) is 22.3 Å². The molecule has 1 heteroatoms. The largest absolute Gasteiger partial charge is 0.508 e. The zero-order chi connectivity index (χ0) is 43.2. The minimum Gasteiger partial charge on any atom is -0.508 e. The second-order valence-electron chi connectivity index (χ2n) is 9.98. The molecule has 0 fully saturated rings. The highest BCUT2D eigenvalue weighted by Gasteiger charge is 1.92. The van der Waals surface area contributed by atoms with Crippen molar-refractivity contribution < 1.29 is 5.11 Å². The first-order valence-corrected chi connectivity index (χ1v) is 19.5. The zero-order valence-electron chi connectivity index (χ0n) is 38.0. The summed E-state index contributed by atoms with van der Waals surface area (Å²) in [5.74, 6) is 0.292. The molecule has 0 aliphatic rings. The van der Waals surface area contributed by atoms with Crippen LogP contribution in [0.15, 0.2) is 154 Å². The predicted molar refractivity (Wildman–Crippen MR) is 255 cm³/mol. The molecule has 0 bridgehead atoms. The summed E-state index contributed by atoms with van der Waals surface area (Å²) in [7, 11) is 0. The van der Waals surface area contributed by atoms with Gasteiger partial charge in [0.15, 0.2) is 0 Å². The number of benzene rings is 4. The highest BCUT2D eigenvalue weighted by atomic mass is 16.3. The predicted octanol–water partition coefficient (Wildman–Crippen LogP) is 18.3. The van der Waals surface area contributed by atoms with E-state index in [0.717, 1.165) is 27.9 Å². The third-order valence-electron chi connectivity index (χ3n) is 5.14. The van der Waals surface area contributed by atoms with Gasteiger partial charge in [-0.05, 0) is 75.9 Å². The van der Waals surface area contributed by atoms with E-state index in [2.05, 4.69) is 69.3 Å². The van der Waals surface area contributed by atoms with Crippen molar-refractivity contribution in [3.8, 4) is 5.75 Å². The van der Waals surface area contributed by atoms with Crippen molar-refractivity contribution in [2.24, 2.45) is 0 Å². The molecule has 0 amide bonds. The molecule has 1 nitrogen and oxygen atoms in total. The van der Waals surface area contributed by atoms with Crippen molar-refractivity contribution in [3.05, 3.63) is 176 Å². The molecular weight excluding hydrogens is 641 g/mol. The number of hydrogen-bond donors (Lipinski definition) is 1. The van der Waals surface area contributed by atoms with Crippen molar-refractivity contribution in [2.45, 2.75) is 125 Å². The Balaban J connectivity index is -0.0000000943. The molecule has 0 heterocycles. The topological polar surface area (TPSA) is 20.2 Å². The van der Waals surface area contributed by atoms with E-state index in [9.17, 15) is 0 Å². The van der Waals surface area contributed by atoms with Crippen LogP contribution in [0.4, 0.5) is 0 Å². The highest BCUT2D eigenvalue weighted by Crippen LogP contribution is 2.16. The van der Waals surface area contributed by atoms with Crippen LogP contribution in [0.5, 0.6) is 5.75 Å². The van der Waals surface area contributed by atoms with Crippen molar-refractivity contribution >= 4 is 22.3 Å². The first kappa shape index (κ1) is 63.4. The van der Waals surface area contributed by atoms with Gasteiger partial charge in [0.1, 0.15) is 5.75 Å². The van der Waals surface area contributed by atoms with Gasteiger partial charge >= 0.3 is 0 Å². The molecule has 0 saturated carbocycles. The van der Waals surface area contributed by atoms with Gasteiger partial charge in [-0.15, -0.1) is 6.58 Å². The van der Waals surface area contributed by atoms with Crippen LogP contribution in [-0.4, -0.2) is 5.11 Å². The molecule has 0 aromatic heterocycles. The molecule has 4 aromatic rings. The molecule has 53 heavy (non-hydrogen) atoms. The fourth-order valence-corrected chi connectivity index (χ4v) is 2.94. The average molecular weight is 725 g/mol. The number of phenolic OH excluding ortho intramolecular Hbond substituents is 1. The quantitative estimate of drug-likeness (QED) is 0.208. The van der Waals surface area contributed by atoms with Gasteiger partial charge in [-0.1, -0.05) is 240 Å². The molecule has 298 valence electrons. The van der Waals surface area contributed by atoms with E-state index < -0.39 is 0 Å². The molecule has 0 spiro atoms. The fourth-order valence-electron chi connectivity index (χ4n) is 2.94. The summed E-state index contributed by atoms with van der Waals surface area (Å²) in [4.78, 5) is 0. The maximum atomic E-state index is 9.02. The Kier molecular flexibility index (Phi) is 61.9. The van der Waals surface area contributed by atoms with Crippen LogP contribution in [0.25, 0.3) is 22.3 Å². The first-order valence-electron chi connectivity index (χ1n) is 19.5. The van der Waals surface area contributed by atoms with E-state index in [4.69, 9.17) is 5.11 Å². The number of hydrogen-bond acceptors (Lipinski definition) is 1. The van der Waals surface area contributed by atoms with E-state index in [1.807, 2.05) is 185 Å². The smallest absolute Gasteiger partial charge is 0.116 e. The first-order chi connectivity index (χ1) is 25.3. The highest BCUT2D eigenvalue weighted by molar-refractivity contribution is 5.63. The Morgan fingerprint density at radius 1 is 0.321 bits per heavy atom. The Labute approximate surface area is 332 Å². The summed E-state index contributed by atoms with van der Waals surface area (Å²) in [6.07, 6.45) is 0. The summed E-state index contributed by atoms with van der Waals surface area (Å²) in [5, 5.41) is 9.02. The standard InChI is InChI=1S/C9H10O.3C9H10.C4H8.6C2H6/c1-7(2)8-4-3-5-9(10)6-8;3*1-8(2)9-6-4-3-5-7-9;1-4(2)3;6*1-2/h3-6,10H,1H2,2H3;3*3-7H,1H2,2H3;1H2,2-3H3;6*1-2H3. The molecule has 1 N–H and O–H groups in total. The van der Waals surface area contributed by atoms with Crippen LogP contribution in [0, 0.1) is 0 Å². The summed E-state index contributed by atoms with van der Waals surface area (Å²) in [6, 6.07) is 37.5. The molecule has 0 saturated heterocycles. The van der Waals surface area contributed by atoms with Gasteiger partial charge in [0.25, 0.3) is 0 Å². The third kappa shape index (κ3) is 47.4. The van der Waals surface area contributed by atoms with Crippen molar-refractivity contribution in [1.29, 1.82) is 0 Å². The Hall–Kier alpha value is -4.62. The zero-order valence-corrected chi connectivity index (χ0v) is 38.0. The lowest BCUT2D eigenvalue weighted by Gasteiger charge is -1.98. The lowest BCUT2D eigenvalue weighted by Crippen LogP contribution is -1.74. The summed E-state index contributed by atoms with van der Waals surface area (Å²) < 4.78 is 0. The van der Waals surface area contributed by atoms with Gasteiger partial charge in [0, 0.05) is 0 Å².